The van der Waals surface area contributed by atoms with Gasteiger partial charge in [-0.05, 0) is 37.1 Å². The van der Waals surface area contributed by atoms with E-state index in [0.717, 1.165) is 53.5 Å². The highest BCUT2D eigenvalue weighted by Crippen LogP contribution is 2.35. The lowest BCUT2D eigenvalue weighted by atomic mass is 10.1. The molecule has 1 unspecified atom stereocenters. The number of pyridine rings is 2. The van der Waals surface area contributed by atoms with Gasteiger partial charge in [-0.25, -0.2) is 15.0 Å². The summed E-state index contributed by atoms with van der Waals surface area (Å²) >= 11 is 0. The maximum atomic E-state index is 12.3. The summed E-state index contributed by atoms with van der Waals surface area (Å²) in [6.07, 6.45) is 5.36. The van der Waals surface area contributed by atoms with E-state index in [1.54, 1.807) is 19.5 Å². The number of oxazole rings is 1. The molecule has 1 saturated carbocycles. The van der Waals surface area contributed by atoms with Gasteiger partial charge in [0.05, 0.1) is 24.9 Å². The number of morpholine rings is 1. The second-order valence-electron chi connectivity index (χ2n) is 9.21. The van der Waals surface area contributed by atoms with Crippen molar-refractivity contribution >= 4 is 45.1 Å². The molecular weight excluding hydrogens is 460 g/mol. The van der Waals surface area contributed by atoms with E-state index in [1.807, 2.05) is 31.3 Å². The van der Waals surface area contributed by atoms with Crippen LogP contribution in [0.4, 0.5) is 17.3 Å². The molecular formula is C26H28N6O4. The summed E-state index contributed by atoms with van der Waals surface area (Å²) in [5.74, 6) is 1.77. The summed E-state index contributed by atoms with van der Waals surface area (Å²) in [5.41, 5.74) is 3.25. The predicted octanol–water partition coefficient (Wildman–Crippen LogP) is 3.68. The van der Waals surface area contributed by atoms with Gasteiger partial charge in [0.1, 0.15) is 17.2 Å². The number of anilines is 3. The van der Waals surface area contributed by atoms with Gasteiger partial charge in [-0.1, -0.05) is 0 Å². The molecule has 4 heterocycles. The standard InChI is InChI=1S/C26H28N6O4/c1-27-24-19-11-28-23(31-25(33)15-3-4-15)10-18(19)20(12-29-24)26-30-21-9-16(5-6-22(21)36-26)32-7-8-35-17(13-32)14-34-2/h5-6,9-12,15,17H,3-4,7-8,13-14H2,1-2H3,(H,27,29)(H,28,31,33). The first kappa shape index (κ1) is 22.7. The third-order valence-corrected chi connectivity index (χ3v) is 6.67. The quantitative estimate of drug-likeness (QED) is 0.402. The zero-order chi connectivity index (χ0) is 24.6. The molecule has 6 rings (SSSR count). The Morgan fingerprint density at radius 3 is 2.89 bits per heavy atom. The summed E-state index contributed by atoms with van der Waals surface area (Å²) in [6.45, 7) is 2.78. The van der Waals surface area contributed by atoms with Gasteiger partial charge in [0, 0.05) is 62.0 Å². The van der Waals surface area contributed by atoms with E-state index in [2.05, 4.69) is 25.5 Å². The molecule has 0 spiro atoms. The van der Waals surface area contributed by atoms with E-state index in [-0.39, 0.29) is 17.9 Å². The zero-order valence-corrected chi connectivity index (χ0v) is 20.3. The number of hydrogen-bond donors (Lipinski definition) is 2. The van der Waals surface area contributed by atoms with Gasteiger partial charge >= 0.3 is 0 Å². The van der Waals surface area contributed by atoms with Crippen LogP contribution in [0.1, 0.15) is 12.8 Å². The Morgan fingerprint density at radius 1 is 1.19 bits per heavy atom. The number of methoxy groups -OCH3 is 1. The van der Waals surface area contributed by atoms with Crippen molar-refractivity contribution in [1.29, 1.82) is 0 Å². The van der Waals surface area contributed by atoms with Crippen LogP contribution in [-0.4, -0.2) is 67.4 Å². The Morgan fingerprint density at radius 2 is 2.08 bits per heavy atom. The molecule has 2 aliphatic rings. The molecule has 3 aromatic heterocycles. The third-order valence-electron chi connectivity index (χ3n) is 6.67. The van der Waals surface area contributed by atoms with Crippen LogP contribution in [0.15, 0.2) is 41.1 Å². The number of fused-ring (bicyclic) bond motifs is 2. The van der Waals surface area contributed by atoms with Crippen molar-refractivity contribution < 1.29 is 18.7 Å². The molecule has 1 aromatic carbocycles. The molecule has 0 radical (unpaired) electrons. The molecule has 36 heavy (non-hydrogen) atoms. The summed E-state index contributed by atoms with van der Waals surface area (Å²) in [5, 5.41) is 7.70. The van der Waals surface area contributed by atoms with Crippen molar-refractivity contribution in [2.24, 2.45) is 5.92 Å². The first-order valence-corrected chi connectivity index (χ1v) is 12.2. The van der Waals surface area contributed by atoms with Gasteiger partial charge in [0.15, 0.2) is 5.58 Å². The van der Waals surface area contributed by atoms with Crippen LogP contribution in [-0.2, 0) is 14.3 Å². The average Bonchev–Trinajstić information content (AvgIpc) is 3.67. The number of nitrogens with one attached hydrogen (secondary N) is 2. The maximum Gasteiger partial charge on any atom is 0.229 e. The minimum Gasteiger partial charge on any atom is -0.436 e. The molecule has 4 aromatic rings. The molecule has 1 atom stereocenters. The van der Waals surface area contributed by atoms with Crippen molar-refractivity contribution in [3.05, 3.63) is 36.7 Å². The lowest BCUT2D eigenvalue weighted by molar-refractivity contribution is -0.117. The van der Waals surface area contributed by atoms with Gasteiger partial charge in [0.25, 0.3) is 0 Å². The summed E-state index contributed by atoms with van der Waals surface area (Å²) in [4.78, 5) is 28.4. The Labute approximate surface area is 208 Å². The molecule has 1 amide bonds. The molecule has 2 fully saturated rings. The van der Waals surface area contributed by atoms with Crippen LogP contribution in [0.25, 0.3) is 33.3 Å². The highest BCUT2D eigenvalue weighted by Gasteiger charge is 2.30. The number of rotatable bonds is 7. The van der Waals surface area contributed by atoms with Gasteiger partial charge < -0.3 is 29.4 Å². The van der Waals surface area contributed by atoms with E-state index >= 15 is 0 Å². The number of ether oxygens (including phenoxy) is 2. The van der Waals surface area contributed by atoms with Gasteiger partial charge in [-0.2, -0.15) is 0 Å². The zero-order valence-electron chi connectivity index (χ0n) is 20.3. The summed E-state index contributed by atoms with van der Waals surface area (Å²) in [6, 6.07) is 7.89. The summed E-state index contributed by atoms with van der Waals surface area (Å²) < 4.78 is 17.2. The molecule has 1 saturated heterocycles. The molecule has 1 aliphatic carbocycles. The SMILES string of the molecule is CNc1ncc(-c2nc3cc(N4CCOC(COC)C4)ccc3o2)c2cc(NC(=O)C3CC3)ncc12. The largest absolute Gasteiger partial charge is 0.436 e. The average molecular weight is 489 g/mol. The number of benzene rings is 1. The van der Waals surface area contributed by atoms with Crippen LogP contribution in [0.2, 0.25) is 0 Å². The highest BCUT2D eigenvalue weighted by atomic mass is 16.5. The van der Waals surface area contributed by atoms with E-state index in [1.165, 1.54) is 0 Å². The molecule has 0 bridgehead atoms. The van der Waals surface area contributed by atoms with Crippen LogP contribution in [0, 0.1) is 5.92 Å². The molecule has 1 aliphatic heterocycles. The van der Waals surface area contributed by atoms with Crippen LogP contribution in [0.5, 0.6) is 0 Å². The number of nitrogens with zero attached hydrogens (tertiary/aromatic N) is 4. The fraction of sp³-hybridized carbons (Fsp3) is 0.385. The lowest BCUT2D eigenvalue weighted by Gasteiger charge is -2.34. The second kappa shape index (κ2) is 9.36. The maximum absolute atomic E-state index is 12.3. The first-order valence-electron chi connectivity index (χ1n) is 12.2. The smallest absolute Gasteiger partial charge is 0.229 e. The monoisotopic (exact) mass is 488 g/mol. The van der Waals surface area contributed by atoms with E-state index in [4.69, 9.17) is 18.9 Å². The number of amides is 1. The van der Waals surface area contributed by atoms with Crippen molar-refractivity contribution in [3.63, 3.8) is 0 Å². The number of hydrogen-bond acceptors (Lipinski definition) is 9. The van der Waals surface area contributed by atoms with Crippen molar-refractivity contribution in [2.45, 2.75) is 18.9 Å². The van der Waals surface area contributed by atoms with Gasteiger partial charge in [0.2, 0.25) is 11.8 Å². The number of aromatic nitrogens is 3. The van der Waals surface area contributed by atoms with E-state index in [9.17, 15) is 4.79 Å². The minimum atomic E-state index is 0.0107. The molecule has 186 valence electrons. The lowest BCUT2D eigenvalue weighted by Crippen LogP contribution is -2.44. The molecule has 10 nitrogen and oxygen atoms in total. The fourth-order valence-electron chi connectivity index (χ4n) is 4.62. The van der Waals surface area contributed by atoms with Crippen LogP contribution in [0.3, 0.4) is 0 Å². The van der Waals surface area contributed by atoms with Crippen LogP contribution >= 0.6 is 0 Å². The normalized spacial score (nSPS) is 18.1. The van der Waals surface area contributed by atoms with E-state index in [0.29, 0.717) is 36.3 Å². The number of carbonyl (C=O) groups excluding carboxylic acids is 1. The van der Waals surface area contributed by atoms with E-state index < -0.39 is 0 Å². The first-order chi connectivity index (χ1) is 17.6. The highest BCUT2D eigenvalue weighted by molar-refractivity contribution is 6.03. The summed E-state index contributed by atoms with van der Waals surface area (Å²) in [7, 11) is 3.50. The Balaban J connectivity index is 1.36. The van der Waals surface area contributed by atoms with Crippen LogP contribution < -0.4 is 15.5 Å². The Bertz CT molecular complexity index is 1430. The van der Waals surface area contributed by atoms with Crippen molar-refractivity contribution in [1.82, 2.24) is 15.0 Å². The second-order valence-corrected chi connectivity index (χ2v) is 9.21. The molecule has 2 N–H and O–H groups in total. The van der Waals surface area contributed by atoms with Gasteiger partial charge in [-0.15, -0.1) is 0 Å². The van der Waals surface area contributed by atoms with Gasteiger partial charge in [-0.3, -0.25) is 4.79 Å². The topological polar surface area (TPSA) is 115 Å². The minimum absolute atomic E-state index is 0.0107. The third kappa shape index (κ3) is 4.33. The Hall–Kier alpha value is -3.76. The Kier molecular flexibility index (Phi) is 5.90. The number of carbonyl (C=O) groups is 1. The molecule has 10 heteroatoms. The fourth-order valence-corrected chi connectivity index (χ4v) is 4.62. The predicted molar refractivity (Wildman–Crippen MR) is 137 cm³/mol. The van der Waals surface area contributed by atoms with Crippen molar-refractivity contribution in [3.8, 4) is 11.5 Å². The van der Waals surface area contributed by atoms with Crippen molar-refractivity contribution in [2.75, 3.05) is 56.0 Å².